The van der Waals surface area contributed by atoms with E-state index >= 15 is 0 Å². The maximum absolute atomic E-state index is 13.5. The van der Waals surface area contributed by atoms with Gasteiger partial charge >= 0.3 is 5.69 Å². The van der Waals surface area contributed by atoms with Gasteiger partial charge < -0.3 is 24.6 Å². The van der Waals surface area contributed by atoms with Crippen molar-refractivity contribution in [3.63, 3.8) is 0 Å². The van der Waals surface area contributed by atoms with Crippen molar-refractivity contribution in [1.82, 2.24) is 38.9 Å². The molecule has 4 fully saturated rings. The number of imidazole rings is 1. The number of carbonyl (C=O) groups is 3. The number of anilines is 4. The monoisotopic (exact) mass is 745 g/mol. The molecule has 2 N–H and O–H groups in total. The number of pyridine rings is 1. The fourth-order valence-electron chi connectivity index (χ4n) is 9.45. The van der Waals surface area contributed by atoms with E-state index in [-0.39, 0.29) is 35.4 Å². The Bertz CT molecular complexity index is 2380. The highest BCUT2D eigenvalue weighted by Gasteiger charge is 2.42. The van der Waals surface area contributed by atoms with Gasteiger partial charge in [0.25, 0.3) is 5.91 Å². The lowest BCUT2D eigenvalue weighted by molar-refractivity contribution is -0.135. The van der Waals surface area contributed by atoms with Gasteiger partial charge in [-0.05, 0) is 74.3 Å². The number of nitrogens with one attached hydrogen (secondary N) is 2. The standard InChI is InChI=1S/C40H47N11O4/c1-46(2)37(54)31-21-25-22-42-38(45-35(25)50(31)26-7-4-5-8-26)43-32-13-11-27(23-41-32)48-18-15-40(16-19-48)17-20-49(24-40)28-9-6-10-29-34(28)47(3)39(55)51(29)30-12-14-33(52)44-36(30)53/h6,9-11,13,21-23,26,30H,4-5,7-8,12,14-20,24H2,1-3H3,(H,44,52,53)(H,41,42,43,45)/t30-/m0/s1. The molecule has 3 amide bonds. The van der Waals surface area contributed by atoms with Crippen LogP contribution >= 0.6 is 0 Å². The molecular formula is C40H47N11O4. The van der Waals surface area contributed by atoms with Crippen molar-refractivity contribution in [2.24, 2.45) is 12.5 Å². The van der Waals surface area contributed by atoms with Crippen molar-refractivity contribution < 1.29 is 14.4 Å². The molecule has 5 aromatic rings. The summed E-state index contributed by atoms with van der Waals surface area (Å²) in [6, 6.07) is 11.4. The maximum Gasteiger partial charge on any atom is 0.329 e. The number of rotatable bonds is 7. The van der Waals surface area contributed by atoms with Crippen LogP contribution in [-0.2, 0) is 16.6 Å². The van der Waals surface area contributed by atoms with Crippen LogP contribution in [0.15, 0.2) is 53.6 Å². The number of aromatic nitrogens is 6. The van der Waals surface area contributed by atoms with E-state index in [9.17, 15) is 19.2 Å². The lowest BCUT2D eigenvalue weighted by Crippen LogP contribution is -2.44. The molecule has 1 atom stereocenters. The molecule has 4 aliphatic rings. The first kappa shape index (κ1) is 35.0. The zero-order valence-corrected chi connectivity index (χ0v) is 31.6. The number of nitrogens with zero attached hydrogens (tertiary/aromatic N) is 9. The van der Waals surface area contributed by atoms with Crippen LogP contribution in [-0.4, -0.2) is 91.5 Å². The molecule has 1 spiro atoms. The number of hydrogen-bond donors (Lipinski definition) is 2. The van der Waals surface area contributed by atoms with Gasteiger partial charge in [0.05, 0.1) is 28.6 Å². The van der Waals surface area contributed by atoms with Crippen molar-refractivity contribution >= 4 is 62.9 Å². The lowest BCUT2D eigenvalue weighted by atomic mass is 9.77. The second-order valence-corrected chi connectivity index (χ2v) is 16.0. The Kier molecular flexibility index (Phi) is 8.61. The largest absolute Gasteiger partial charge is 0.370 e. The van der Waals surface area contributed by atoms with E-state index in [1.165, 1.54) is 0 Å². The molecule has 7 heterocycles. The van der Waals surface area contributed by atoms with Gasteiger partial charge in [-0.15, -0.1) is 0 Å². The molecule has 286 valence electrons. The zero-order chi connectivity index (χ0) is 38.0. The summed E-state index contributed by atoms with van der Waals surface area (Å²) >= 11 is 0. The van der Waals surface area contributed by atoms with Gasteiger partial charge in [0.2, 0.25) is 17.8 Å². The zero-order valence-electron chi connectivity index (χ0n) is 31.6. The Morgan fingerprint density at radius 1 is 0.927 bits per heavy atom. The molecule has 3 aliphatic heterocycles. The highest BCUT2D eigenvalue weighted by atomic mass is 16.2. The minimum Gasteiger partial charge on any atom is -0.370 e. The van der Waals surface area contributed by atoms with Gasteiger partial charge in [-0.2, -0.15) is 4.98 Å². The molecule has 15 heteroatoms. The fourth-order valence-corrected chi connectivity index (χ4v) is 9.45. The number of benzene rings is 1. The molecule has 1 saturated carbocycles. The molecule has 15 nitrogen and oxygen atoms in total. The van der Waals surface area contributed by atoms with Gasteiger partial charge in [-0.25, -0.2) is 14.8 Å². The molecule has 3 saturated heterocycles. The Hall–Kier alpha value is -5.73. The summed E-state index contributed by atoms with van der Waals surface area (Å²) in [6.07, 6.45) is 11.7. The minimum absolute atomic E-state index is 0.0319. The SMILES string of the molecule is CN(C)C(=O)c1cc2cnc(Nc3ccc(N4CCC5(CC4)CCN(c4cccc6c4n(C)c(=O)n6[C@H]4CCC(=O)NC4=O)C5)cn3)nc2n1C1CCCC1. The van der Waals surface area contributed by atoms with Crippen LogP contribution in [0, 0.1) is 5.41 Å². The average Bonchev–Trinajstić information content (AvgIpc) is 3.98. The number of para-hydroxylation sites is 1. The Morgan fingerprint density at radius 3 is 2.40 bits per heavy atom. The van der Waals surface area contributed by atoms with Gasteiger partial charge in [0, 0.05) is 71.4 Å². The number of carbonyl (C=O) groups excluding carboxylic acids is 3. The lowest BCUT2D eigenvalue weighted by Gasteiger charge is -2.40. The first-order valence-electron chi connectivity index (χ1n) is 19.5. The van der Waals surface area contributed by atoms with E-state index in [0.717, 1.165) is 105 Å². The van der Waals surface area contributed by atoms with E-state index in [4.69, 9.17) is 9.97 Å². The van der Waals surface area contributed by atoms with E-state index in [1.54, 1.807) is 41.4 Å². The summed E-state index contributed by atoms with van der Waals surface area (Å²) in [6.45, 7) is 3.63. The Balaban J connectivity index is 0.872. The van der Waals surface area contributed by atoms with E-state index in [0.29, 0.717) is 23.9 Å². The predicted molar refractivity (Wildman–Crippen MR) is 210 cm³/mol. The van der Waals surface area contributed by atoms with Crippen molar-refractivity contribution in [3.8, 4) is 0 Å². The van der Waals surface area contributed by atoms with Crippen LogP contribution in [0.4, 0.5) is 23.1 Å². The van der Waals surface area contributed by atoms with Crippen LogP contribution in [0.3, 0.4) is 0 Å². The van der Waals surface area contributed by atoms with Gasteiger partial charge in [0.1, 0.15) is 23.2 Å². The van der Waals surface area contributed by atoms with Crippen molar-refractivity contribution in [2.45, 2.75) is 69.9 Å². The Labute approximate surface area is 318 Å². The molecular weight excluding hydrogens is 699 g/mol. The second kappa shape index (κ2) is 13.5. The number of hydrogen-bond acceptors (Lipinski definition) is 10. The maximum atomic E-state index is 13.5. The van der Waals surface area contributed by atoms with Gasteiger partial charge in [0.15, 0.2) is 0 Å². The molecule has 4 aromatic heterocycles. The van der Waals surface area contributed by atoms with Crippen molar-refractivity contribution in [3.05, 3.63) is 65.0 Å². The smallest absolute Gasteiger partial charge is 0.329 e. The molecule has 1 aliphatic carbocycles. The number of imide groups is 1. The van der Waals surface area contributed by atoms with E-state index in [2.05, 4.69) is 42.1 Å². The van der Waals surface area contributed by atoms with Crippen molar-refractivity contribution in [2.75, 3.05) is 55.4 Å². The van der Waals surface area contributed by atoms with Gasteiger partial charge in [-0.1, -0.05) is 18.9 Å². The number of fused-ring (bicyclic) bond motifs is 2. The van der Waals surface area contributed by atoms with Gasteiger partial charge in [-0.3, -0.25) is 28.8 Å². The van der Waals surface area contributed by atoms with Crippen LogP contribution in [0.1, 0.15) is 80.4 Å². The summed E-state index contributed by atoms with van der Waals surface area (Å²) < 4.78 is 5.33. The molecule has 9 rings (SSSR count). The molecule has 0 unspecified atom stereocenters. The third-order valence-corrected chi connectivity index (χ3v) is 12.5. The fraction of sp³-hybridized carbons (Fsp3) is 0.475. The molecule has 0 bridgehead atoms. The highest BCUT2D eigenvalue weighted by Crippen LogP contribution is 2.44. The van der Waals surface area contributed by atoms with E-state index in [1.807, 2.05) is 30.5 Å². The highest BCUT2D eigenvalue weighted by molar-refractivity contribution is 6.01. The quantitative estimate of drug-likeness (QED) is 0.227. The number of piperidine rings is 2. The molecule has 0 radical (unpaired) electrons. The molecule has 55 heavy (non-hydrogen) atoms. The van der Waals surface area contributed by atoms with Crippen molar-refractivity contribution in [1.29, 1.82) is 0 Å². The van der Waals surface area contributed by atoms with Crippen LogP contribution in [0.2, 0.25) is 0 Å². The van der Waals surface area contributed by atoms with Crippen LogP contribution < -0.4 is 26.1 Å². The minimum atomic E-state index is -0.704. The Morgan fingerprint density at radius 2 is 1.69 bits per heavy atom. The van der Waals surface area contributed by atoms with Crippen LogP contribution in [0.5, 0.6) is 0 Å². The second-order valence-electron chi connectivity index (χ2n) is 16.0. The van der Waals surface area contributed by atoms with Crippen LogP contribution in [0.25, 0.3) is 22.1 Å². The summed E-state index contributed by atoms with van der Waals surface area (Å²) in [5.41, 5.74) is 4.97. The molecule has 1 aromatic carbocycles. The predicted octanol–water partition coefficient (Wildman–Crippen LogP) is 4.51. The summed E-state index contributed by atoms with van der Waals surface area (Å²) in [4.78, 5) is 71.8. The normalized spacial score (nSPS) is 20.2. The number of aryl methyl sites for hydroxylation is 1. The first-order chi connectivity index (χ1) is 26.6. The third kappa shape index (κ3) is 6.09. The average molecular weight is 746 g/mol. The topological polar surface area (TPSA) is 156 Å². The first-order valence-corrected chi connectivity index (χ1v) is 19.5. The summed E-state index contributed by atoms with van der Waals surface area (Å²) in [5.74, 6) is 0.351. The summed E-state index contributed by atoms with van der Waals surface area (Å²) in [5, 5.41) is 6.54. The summed E-state index contributed by atoms with van der Waals surface area (Å²) in [7, 11) is 5.32. The van der Waals surface area contributed by atoms with E-state index < -0.39 is 11.9 Å². The number of amides is 3. The third-order valence-electron chi connectivity index (χ3n) is 12.5.